The van der Waals surface area contributed by atoms with Gasteiger partial charge in [-0.05, 0) is 41.6 Å². The van der Waals surface area contributed by atoms with E-state index in [0.29, 0.717) is 10.1 Å². The highest BCUT2D eigenvalue weighted by atomic mass is 127. The molecule has 0 atom stereocenters. The number of benzene rings is 1. The zero-order valence-corrected chi connectivity index (χ0v) is 12.7. The molecule has 0 aliphatic carbocycles. The fourth-order valence-electron chi connectivity index (χ4n) is 1.78. The number of hydrogen-bond acceptors (Lipinski definition) is 4. The van der Waals surface area contributed by atoms with Crippen molar-refractivity contribution in [1.29, 1.82) is 0 Å². The summed E-state index contributed by atoms with van der Waals surface area (Å²) in [6.45, 7) is 2.60. The molecule has 1 N–H and O–H groups in total. The van der Waals surface area contributed by atoms with Crippen molar-refractivity contribution in [2.45, 2.75) is 13.5 Å². The Morgan fingerprint density at radius 2 is 2.26 bits per heavy atom. The Labute approximate surface area is 124 Å². The number of aromatic nitrogens is 2. The van der Waals surface area contributed by atoms with E-state index < -0.39 is 0 Å². The summed E-state index contributed by atoms with van der Waals surface area (Å²) in [7, 11) is 1.88. The number of hydrogen-bond donors (Lipinski definition) is 1. The molecule has 6 nitrogen and oxygen atoms in total. The molecule has 19 heavy (non-hydrogen) atoms. The maximum atomic E-state index is 10.7. The summed E-state index contributed by atoms with van der Waals surface area (Å²) in [5.41, 5.74) is 3.07. The third-order valence-electron chi connectivity index (χ3n) is 2.74. The monoisotopic (exact) mass is 372 g/mol. The van der Waals surface area contributed by atoms with E-state index in [1.165, 1.54) is 6.07 Å². The van der Waals surface area contributed by atoms with Crippen LogP contribution in [0.1, 0.15) is 11.3 Å². The number of nitrogens with one attached hydrogen (secondary N) is 1. The van der Waals surface area contributed by atoms with E-state index in [2.05, 4.69) is 10.4 Å². The van der Waals surface area contributed by atoms with E-state index in [1.54, 1.807) is 16.8 Å². The molecule has 0 saturated heterocycles. The number of nitro groups is 1. The molecule has 1 aromatic carbocycles. The molecule has 0 aliphatic rings. The van der Waals surface area contributed by atoms with Crippen LogP contribution < -0.4 is 5.32 Å². The molecular weight excluding hydrogens is 359 g/mol. The Morgan fingerprint density at radius 3 is 2.79 bits per heavy atom. The van der Waals surface area contributed by atoms with Crippen LogP contribution in [-0.2, 0) is 13.6 Å². The average Bonchev–Trinajstić information content (AvgIpc) is 2.65. The molecule has 0 radical (unpaired) electrons. The number of nitrogens with zero attached hydrogens (tertiary/aromatic N) is 3. The first-order valence-corrected chi connectivity index (χ1v) is 6.72. The van der Waals surface area contributed by atoms with Gasteiger partial charge in [-0.15, -0.1) is 0 Å². The first kappa shape index (κ1) is 13.8. The van der Waals surface area contributed by atoms with Gasteiger partial charge in [0, 0.05) is 37.1 Å². The lowest BCUT2D eigenvalue weighted by atomic mass is 10.2. The third-order valence-corrected chi connectivity index (χ3v) is 3.61. The Morgan fingerprint density at radius 1 is 1.53 bits per heavy atom. The summed E-state index contributed by atoms with van der Waals surface area (Å²) in [5, 5.41) is 18.2. The molecule has 0 spiro atoms. The largest absolute Gasteiger partial charge is 0.381 e. The summed E-state index contributed by atoms with van der Waals surface area (Å²) in [6.07, 6.45) is 1.96. The molecule has 2 aromatic rings. The van der Waals surface area contributed by atoms with Crippen molar-refractivity contribution in [2.24, 2.45) is 7.05 Å². The SMILES string of the molecule is Cc1nn(C)cc1CNc1ccc([N+](=O)[O-])c(I)c1. The fourth-order valence-corrected chi connectivity index (χ4v) is 2.50. The van der Waals surface area contributed by atoms with E-state index in [-0.39, 0.29) is 10.6 Å². The van der Waals surface area contributed by atoms with Crippen LogP contribution >= 0.6 is 22.6 Å². The Bertz CT molecular complexity index is 624. The molecule has 0 bridgehead atoms. The lowest BCUT2D eigenvalue weighted by molar-refractivity contribution is -0.385. The number of rotatable bonds is 4. The second-order valence-electron chi connectivity index (χ2n) is 4.19. The lowest BCUT2D eigenvalue weighted by Crippen LogP contribution is -2.01. The highest BCUT2D eigenvalue weighted by molar-refractivity contribution is 14.1. The maximum Gasteiger partial charge on any atom is 0.282 e. The highest BCUT2D eigenvalue weighted by Gasteiger charge is 2.11. The van der Waals surface area contributed by atoms with Gasteiger partial charge in [0.05, 0.1) is 14.2 Å². The first-order chi connectivity index (χ1) is 8.97. The quantitative estimate of drug-likeness (QED) is 0.509. The van der Waals surface area contributed by atoms with Gasteiger partial charge < -0.3 is 5.32 Å². The molecule has 0 unspecified atom stereocenters. The van der Waals surface area contributed by atoms with Crippen LogP contribution in [0.4, 0.5) is 11.4 Å². The van der Waals surface area contributed by atoms with Gasteiger partial charge in [0.25, 0.3) is 5.69 Å². The molecule has 0 fully saturated rings. The van der Waals surface area contributed by atoms with Crippen LogP contribution in [-0.4, -0.2) is 14.7 Å². The molecular formula is C12H13IN4O2. The number of nitro benzene ring substituents is 1. The Hall–Kier alpha value is -1.64. The zero-order valence-electron chi connectivity index (χ0n) is 10.6. The molecule has 0 amide bonds. The van der Waals surface area contributed by atoms with Crippen molar-refractivity contribution in [3.63, 3.8) is 0 Å². The van der Waals surface area contributed by atoms with Crippen LogP contribution in [0.5, 0.6) is 0 Å². The molecule has 7 heteroatoms. The normalized spacial score (nSPS) is 10.5. The van der Waals surface area contributed by atoms with Gasteiger partial charge in [0.1, 0.15) is 0 Å². The van der Waals surface area contributed by atoms with E-state index >= 15 is 0 Å². The van der Waals surface area contributed by atoms with Crippen molar-refractivity contribution in [1.82, 2.24) is 9.78 Å². The van der Waals surface area contributed by atoms with Gasteiger partial charge >= 0.3 is 0 Å². The van der Waals surface area contributed by atoms with Crippen molar-refractivity contribution >= 4 is 34.0 Å². The Kier molecular flexibility index (Phi) is 4.03. The van der Waals surface area contributed by atoms with Crippen molar-refractivity contribution < 1.29 is 4.92 Å². The minimum atomic E-state index is -0.378. The smallest absolute Gasteiger partial charge is 0.282 e. The zero-order chi connectivity index (χ0) is 14.0. The van der Waals surface area contributed by atoms with Gasteiger partial charge in [-0.2, -0.15) is 5.10 Å². The molecule has 1 aromatic heterocycles. The second kappa shape index (κ2) is 5.55. The van der Waals surface area contributed by atoms with Crippen molar-refractivity contribution in [3.05, 3.63) is 49.3 Å². The van der Waals surface area contributed by atoms with Gasteiger partial charge in [0.2, 0.25) is 0 Å². The number of anilines is 1. The first-order valence-electron chi connectivity index (χ1n) is 5.64. The molecule has 0 saturated carbocycles. The van der Waals surface area contributed by atoms with E-state index in [4.69, 9.17) is 0 Å². The standard InChI is InChI=1S/C12H13IN4O2/c1-8-9(7-16(2)15-8)6-14-10-3-4-12(17(18)19)11(13)5-10/h3-5,7,14H,6H2,1-2H3. The van der Waals surface area contributed by atoms with Gasteiger partial charge in [0.15, 0.2) is 0 Å². The molecule has 0 aliphatic heterocycles. The van der Waals surface area contributed by atoms with Crippen molar-refractivity contribution in [3.8, 4) is 0 Å². The number of aryl methyl sites for hydroxylation is 2. The topological polar surface area (TPSA) is 73.0 Å². The number of halogens is 1. The molecule has 1 heterocycles. The molecule has 100 valence electrons. The highest BCUT2D eigenvalue weighted by Crippen LogP contribution is 2.24. The van der Waals surface area contributed by atoms with Gasteiger partial charge in [-0.25, -0.2) is 0 Å². The van der Waals surface area contributed by atoms with Gasteiger partial charge in [-0.1, -0.05) is 0 Å². The van der Waals surface area contributed by atoms with Gasteiger partial charge in [-0.3, -0.25) is 14.8 Å². The van der Waals surface area contributed by atoms with Crippen LogP contribution in [0.15, 0.2) is 24.4 Å². The van der Waals surface area contributed by atoms with E-state index in [9.17, 15) is 10.1 Å². The van der Waals surface area contributed by atoms with Crippen LogP contribution in [0.25, 0.3) is 0 Å². The van der Waals surface area contributed by atoms with Crippen LogP contribution in [0.3, 0.4) is 0 Å². The van der Waals surface area contributed by atoms with Crippen LogP contribution in [0.2, 0.25) is 0 Å². The van der Waals surface area contributed by atoms with E-state index in [0.717, 1.165) is 16.9 Å². The van der Waals surface area contributed by atoms with E-state index in [1.807, 2.05) is 42.8 Å². The average molecular weight is 372 g/mol. The summed E-state index contributed by atoms with van der Waals surface area (Å²) < 4.78 is 2.39. The summed E-state index contributed by atoms with van der Waals surface area (Å²) in [4.78, 5) is 10.4. The third kappa shape index (κ3) is 3.22. The Balaban J connectivity index is 2.10. The summed E-state index contributed by atoms with van der Waals surface area (Å²) in [5.74, 6) is 0. The maximum absolute atomic E-state index is 10.7. The second-order valence-corrected chi connectivity index (χ2v) is 5.35. The lowest BCUT2D eigenvalue weighted by Gasteiger charge is -2.06. The fraction of sp³-hybridized carbons (Fsp3) is 0.250. The minimum Gasteiger partial charge on any atom is -0.381 e. The predicted octanol–water partition coefficient (Wildman–Crippen LogP) is 2.85. The van der Waals surface area contributed by atoms with Crippen molar-refractivity contribution in [2.75, 3.05) is 5.32 Å². The predicted molar refractivity (Wildman–Crippen MR) is 81.1 cm³/mol. The summed E-state index contributed by atoms with van der Waals surface area (Å²) >= 11 is 1.97. The minimum absolute atomic E-state index is 0.128. The summed E-state index contributed by atoms with van der Waals surface area (Å²) in [6, 6.07) is 5.00. The van der Waals surface area contributed by atoms with Crippen LogP contribution in [0, 0.1) is 20.6 Å². The molecule has 2 rings (SSSR count).